The summed E-state index contributed by atoms with van der Waals surface area (Å²) in [7, 11) is -1.18. The van der Waals surface area contributed by atoms with Crippen molar-refractivity contribution in [3.8, 4) is 11.5 Å². The molecule has 8 nitrogen and oxygen atoms in total. The fraction of sp³-hybridized carbons (Fsp3) is 0.371. The first-order valence-corrected chi connectivity index (χ1v) is 15.4. The van der Waals surface area contributed by atoms with E-state index in [4.69, 9.17) is 36.9 Å². The molecule has 45 heavy (non-hydrogen) atoms. The molecule has 0 spiro atoms. The Kier molecular flexibility index (Phi) is 6.95. The number of furan rings is 2. The Balaban J connectivity index is 1.13. The highest BCUT2D eigenvalue weighted by molar-refractivity contribution is 6.61. The van der Waals surface area contributed by atoms with Crippen LogP contribution in [-0.4, -0.2) is 36.6 Å². The van der Waals surface area contributed by atoms with Crippen molar-refractivity contribution < 1.29 is 36.9 Å². The molecule has 2 fully saturated rings. The zero-order valence-electron chi connectivity index (χ0n) is 27.0. The second-order valence-corrected chi connectivity index (χ2v) is 13.9. The molecule has 3 aromatic carbocycles. The number of rotatable bonds is 7. The predicted octanol–water partition coefficient (Wildman–Crippen LogP) is 6.93. The fourth-order valence-corrected chi connectivity index (χ4v) is 5.40. The summed E-state index contributed by atoms with van der Waals surface area (Å²) in [5.74, 6) is 1.26. The average molecular weight is 608 g/mol. The Morgan fingerprint density at radius 2 is 0.911 bits per heavy atom. The molecule has 0 aliphatic carbocycles. The maximum Gasteiger partial charge on any atom is 0.532 e. The zero-order chi connectivity index (χ0) is 31.8. The third-order valence-electron chi connectivity index (χ3n) is 9.54. The summed E-state index contributed by atoms with van der Waals surface area (Å²) in [5, 5.41) is 1.75. The molecule has 0 amide bonds. The van der Waals surface area contributed by atoms with Crippen LogP contribution in [-0.2, 0) is 18.6 Å². The van der Waals surface area contributed by atoms with Crippen LogP contribution >= 0.6 is 0 Å². The Labute approximate surface area is 264 Å². The van der Waals surface area contributed by atoms with Gasteiger partial charge in [-0.2, -0.15) is 0 Å². The molecule has 2 aromatic heterocycles. The molecule has 2 aliphatic heterocycles. The van der Waals surface area contributed by atoms with Gasteiger partial charge in [0.05, 0.1) is 22.4 Å². The molecule has 0 bridgehead atoms. The van der Waals surface area contributed by atoms with Gasteiger partial charge in [-0.15, -0.1) is 0 Å². The number of hydrogen-bond acceptors (Lipinski definition) is 8. The lowest BCUT2D eigenvalue weighted by Gasteiger charge is -2.32. The fourth-order valence-electron chi connectivity index (χ4n) is 5.40. The van der Waals surface area contributed by atoms with E-state index in [0.29, 0.717) is 34.0 Å². The summed E-state index contributed by atoms with van der Waals surface area (Å²) in [6, 6.07) is 25.1. The van der Waals surface area contributed by atoms with E-state index in [1.807, 2.05) is 134 Å². The van der Waals surface area contributed by atoms with Crippen LogP contribution < -0.4 is 20.8 Å². The van der Waals surface area contributed by atoms with Crippen LogP contribution in [0.5, 0.6) is 11.5 Å². The smallest absolute Gasteiger partial charge is 0.465 e. The summed E-state index contributed by atoms with van der Waals surface area (Å²) in [5.41, 5.74) is 1.69. The van der Waals surface area contributed by atoms with Crippen molar-refractivity contribution in [1.29, 1.82) is 0 Å². The van der Waals surface area contributed by atoms with Gasteiger partial charge in [-0.3, -0.25) is 0 Å². The third kappa shape index (κ3) is 5.44. The molecule has 0 atom stereocenters. The molecule has 232 valence electrons. The van der Waals surface area contributed by atoms with Gasteiger partial charge in [-0.05, 0) is 104 Å². The van der Waals surface area contributed by atoms with E-state index in [2.05, 4.69) is 0 Å². The number of ether oxygens (including phenoxy) is 2. The first kappa shape index (κ1) is 30.0. The van der Waals surface area contributed by atoms with Crippen LogP contribution in [0.4, 0.5) is 0 Å². The van der Waals surface area contributed by atoms with Gasteiger partial charge in [0, 0.05) is 16.3 Å². The molecule has 0 N–H and O–H groups in total. The molecule has 2 aliphatic rings. The van der Waals surface area contributed by atoms with Crippen molar-refractivity contribution in [2.75, 3.05) is 0 Å². The van der Waals surface area contributed by atoms with Crippen LogP contribution in [0.1, 0.15) is 67.2 Å². The quantitative estimate of drug-likeness (QED) is 0.145. The molecule has 0 radical (unpaired) electrons. The van der Waals surface area contributed by atoms with Crippen molar-refractivity contribution in [3.05, 3.63) is 84.4 Å². The zero-order valence-corrected chi connectivity index (χ0v) is 27.0. The third-order valence-corrected chi connectivity index (χ3v) is 9.54. The van der Waals surface area contributed by atoms with Crippen molar-refractivity contribution in [2.24, 2.45) is 0 Å². The van der Waals surface area contributed by atoms with Crippen LogP contribution in [0.3, 0.4) is 0 Å². The minimum absolute atomic E-state index is 0.460. The van der Waals surface area contributed by atoms with E-state index >= 15 is 0 Å². The molecule has 5 aromatic rings. The van der Waals surface area contributed by atoms with Crippen molar-refractivity contribution >= 4 is 47.5 Å². The van der Waals surface area contributed by atoms with Gasteiger partial charge in [0.15, 0.2) is 0 Å². The Morgan fingerprint density at radius 1 is 0.511 bits per heavy atom. The number of hydrogen-bond donors (Lipinski definition) is 0. The van der Waals surface area contributed by atoms with E-state index in [-0.39, 0.29) is 0 Å². The Bertz CT molecular complexity index is 1710. The SMILES string of the molecule is CC1(C)OB(c2cc3cc(OC(Oc4ccc5oc(B6OC(C)(C)C(C)(C)O6)cc5c4)c4ccccc4)ccc3o2)OC1(C)C. The van der Waals surface area contributed by atoms with E-state index < -0.39 is 42.9 Å². The molecule has 4 heterocycles. The summed E-state index contributed by atoms with van der Waals surface area (Å²) in [6.45, 7) is 16.2. The summed E-state index contributed by atoms with van der Waals surface area (Å²) in [6.07, 6.45) is -0.718. The summed E-state index contributed by atoms with van der Waals surface area (Å²) in [4.78, 5) is 0. The molecule has 7 rings (SSSR count). The van der Waals surface area contributed by atoms with Gasteiger partial charge in [0.2, 0.25) is 0 Å². The highest BCUT2D eigenvalue weighted by Gasteiger charge is 2.54. The van der Waals surface area contributed by atoms with Gasteiger partial charge >= 0.3 is 14.2 Å². The summed E-state index contributed by atoms with van der Waals surface area (Å²) >= 11 is 0. The van der Waals surface area contributed by atoms with Gasteiger partial charge in [0.25, 0.3) is 6.29 Å². The lowest BCUT2D eigenvalue weighted by atomic mass is 9.86. The molecule has 2 saturated heterocycles. The highest BCUT2D eigenvalue weighted by atomic mass is 16.7. The number of fused-ring (bicyclic) bond motifs is 2. The van der Waals surface area contributed by atoms with Crippen molar-refractivity contribution in [1.82, 2.24) is 0 Å². The van der Waals surface area contributed by atoms with Crippen LogP contribution in [0.15, 0.2) is 87.7 Å². The largest absolute Gasteiger partial charge is 0.532 e. The molecule has 0 saturated carbocycles. The lowest BCUT2D eigenvalue weighted by molar-refractivity contribution is 0.00402. The molecular formula is C35H38B2O8. The van der Waals surface area contributed by atoms with Crippen molar-refractivity contribution in [3.63, 3.8) is 0 Å². The van der Waals surface area contributed by atoms with E-state index in [9.17, 15) is 0 Å². The maximum atomic E-state index is 6.47. The van der Waals surface area contributed by atoms with Gasteiger partial charge in [-0.1, -0.05) is 30.3 Å². The van der Waals surface area contributed by atoms with E-state index in [1.54, 1.807) is 0 Å². The molecule has 10 heteroatoms. The van der Waals surface area contributed by atoms with Gasteiger partial charge in [-0.25, -0.2) is 0 Å². The minimum atomic E-state index is -0.718. The highest BCUT2D eigenvalue weighted by Crippen LogP contribution is 2.39. The van der Waals surface area contributed by atoms with Gasteiger partial charge < -0.3 is 36.9 Å². The van der Waals surface area contributed by atoms with Gasteiger partial charge in [0.1, 0.15) is 34.0 Å². The Morgan fingerprint density at radius 3 is 1.31 bits per heavy atom. The first-order valence-electron chi connectivity index (χ1n) is 15.4. The predicted molar refractivity (Wildman–Crippen MR) is 174 cm³/mol. The first-order chi connectivity index (χ1) is 21.2. The van der Waals surface area contributed by atoms with Crippen LogP contribution in [0, 0.1) is 0 Å². The van der Waals surface area contributed by atoms with Crippen LogP contribution in [0.2, 0.25) is 0 Å². The molecular weight excluding hydrogens is 570 g/mol. The van der Waals surface area contributed by atoms with Crippen LogP contribution in [0.25, 0.3) is 21.9 Å². The Hall–Kier alpha value is -3.69. The normalized spacial score (nSPS) is 20.0. The molecule has 0 unspecified atom stereocenters. The second kappa shape index (κ2) is 10.4. The van der Waals surface area contributed by atoms with E-state index in [1.165, 1.54) is 0 Å². The second-order valence-electron chi connectivity index (χ2n) is 13.9. The maximum absolute atomic E-state index is 6.47. The monoisotopic (exact) mass is 608 g/mol. The average Bonchev–Trinajstić information content (AvgIpc) is 3.69. The lowest BCUT2D eigenvalue weighted by Crippen LogP contribution is -2.41. The minimum Gasteiger partial charge on any atom is -0.465 e. The van der Waals surface area contributed by atoms with Crippen molar-refractivity contribution in [2.45, 2.75) is 84.1 Å². The number of benzene rings is 3. The summed E-state index contributed by atoms with van der Waals surface area (Å²) < 4.78 is 49.9. The topological polar surface area (TPSA) is 81.7 Å². The van der Waals surface area contributed by atoms with E-state index in [0.717, 1.165) is 16.3 Å². The standard InChI is InChI=1S/C35H38B2O8/c1-32(2)33(3,4)43-36(42-32)29-20-23-18-25(14-16-27(23)40-29)38-31(22-12-10-9-11-13-22)39-26-15-17-28-24(19-26)21-30(41-28)37-44-34(5,6)35(7,8)45-37/h9-21,31H,1-8H3.